The fraction of sp³-hybridized carbons (Fsp3) is 0.935. The van der Waals surface area contributed by atoms with Crippen LogP contribution in [0, 0.1) is 5.92 Å². The number of ketones is 1. The van der Waals surface area contributed by atoms with Crippen LogP contribution in [0.4, 0.5) is 0 Å². The molecule has 55 heavy (non-hydrogen) atoms. The van der Waals surface area contributed by atoms with E-state index in [1.807, 2.05) is 9.80 Å². The van der Waals surface area contributed by atoms with Crippen molar-refractivity contribution in [1.82, 2.24) is 15.1 Å². The smallest absolute Gasteiger partial charge is 0.226 e. The Labute approximate surface area is 339 Å². The second kappa shape index (κ2) is 38.0. The molecule has 2 atom stereocenters. The lowest BCUT2D eigenvalue weighted by molar-refractivity contribution is -0.133. The normalized spacial score (nSPS) is 15.6. The van der Waals surface area contributed by atoms with E-state index < -0.39 is 12.1 Å². The Bertz CT molecular complexity index is 905. The number of carbonyl (C=O) groups excluding carboxylic acids is 3. The van der Waals surface area contributed by atoms with Gasteiger partial charge in [-0.05, 0) is 26.2 Å². The van der Waals surface area contributed by atoms with Crippen LogP contribution in [0.3, 0.4) is 0 Å². The predicted octanol–water partition coefficient (Wildman–Crippen LogP) is 10.2. The van der Waals surface area contributed by atoms with Crippen molar-refractivity contribution in [3.8, 4) is 0 Å². The van der Waals surface area contributed by atoms with Crippen molar-refractivity contribution in [3.05, 3.63) is 0 Å². The lowest BCUT2D eigenvalue weighted by Crippen LogP contribution is -2.45. The van der Waals surface area contributed by atoms with E-state index in [4.69, 9.17) is 9.47 Å². The quantitative estimate of drug-likeness (QED) is 0.0598. The summed E-state index contributed by atoms with van der Waals surface area (Å²) in [7, 11) is 0. The molecule has 0 saturated carbocycles. The van der Waals surface area contributed by atoms with Gasteiger partial charge in [0.25, 0.3) is 0 Å². The lowest BCUT2D eigenvalue weighted by Gasteiger charge is -2.28. The number of aliphatic hydroxyl groups excluding tert-OH is 1. The highest BCUT2D eigenvalue weighted by molar-refractivity contribution is 5.81. The lowest BCUT2D eigenvalue weighted by atomic mass is 10.0. The molecule has 0 bridgehead atoms. The Balaban J connectivity index is 2.44. The van der Waals surface area contributed by atoms with Gasteiger partial charge in [0.2, 0.25) is 11.8 Å². The van der Waals surface area contributed by atoms with Crippen molar-refractivity contribution in [2.75, 3.05) is 59.2 Å². The molecule has 2 N–H and O–H groups in total. The topological polar surface area (TPSA) is 108 Å². The first-order valence-corrected chi connectivity index (χ1v) is 23.5. The molecule has 1 aliphatic heterocycles. The molecule has 0 radical (unpaired) electrons. The highest BCUT2D eigenvalue weighted by Gasteiger charge is 2.32. The summed E-state index contributed by atoms with van der Waals surface area (Å²) >= 11 is 0. The molecule has 2 amide bonds. The molecule has 1 rings (SSSR count). The van der Waals surface area contributed by atoms with Crippen LogP contribution in [0.15, 0.2) is 0 Å². The number of hydrogen-bond acceptors (Lipinski definition) is 7. The fourth-order valence-corrected chi connectivity index (χ4v) is 7.61. The van der Waals surface area contributed by atoms with Gasteiger partial charge in [0, 0.05) is 45.6 Å². The third-order valence-electron chi connectivity index (χ3n) is 11.3. The van der Waals surface area contributed by atoms with Crippen molar-refractivity contribution in [2.45, 2.75) is 213 Å². The van der Waals surface area contributed by atoms with E-state index in [0.717, 1.165) is 25.7 Å². The zero-order valence-corrected chi connectivity index (χ0v) is 36.4. The molecule has 324 valence electrons. The number of rotatable bonds is 39. The molecule has 9 nitrogen and oxygen atoms in total. The van der Waals surface area contributed by atoms with Gasteiger partial charge in [-0.15, -0.1) is 0 Å². The van der Waals surface area contributed by atoms with Crippen molar-refractivity contribution in [2.24, 2.45) is 5.92 Å². The first-order chi connectivity index (χ1) is 26.9. The molecule has 1 heterocycles. The molecule has 0 spiro atoms. The van der Waals surface area contributed by atoms with E-state index >= 15 is 0 Å². The van der Waals surface area contributed by atoms with Crippen LogP contribution in [-0.2, 0) is 23.9 Å². The molecule has 1 fully saturated rings. The van der Waals surface area contributed by atoms with E-state index in [1.165, 1.54) is 141 Å². The van der Waals surface area contributed by atoms with E-state index in [9.17, 15) is 19.5 Å². The van der Waals surface area contributed by atoms with Gasteiger partial charge in [-0.3, -0.25) is 19.3 Å². The molecule has 0 aromatic carbocycles. The molecule has 9 heteroatoms. The SMILES string of the molecule is CCCCCCCCCCCCCCCC(=O)N1CCN(C(O)CCCCCCCCCCCCCCC)CC(C(=O)NCCOCCOCCC(C)=O)C1. The van der Waals surface area contributed by atoms with Gasteiger partial charge in [-0.2, -0.15) is 0 Å². The zero-order chi connectivity index (χ0) is 40.0. The maximum Gasteiger partial charge on any atom is 0.226 e. The highest BCUT2D eigenvalue weighted by Crippen LogP contribution is 2.19. The van der Waals surface area contributed by atoms with Crippen molar-refractivity contribution in [3.63, 3.8) is 0 Å². The van der Waals surface area contributed by atoms with Crippen LogP contribution in [0.5, 0.6) is 0 Å². The summed E-state index contributed by atoms with van der Waals surface area (Å²) in [4.78, 5) is 41.8. The first kappa shape index (κ1) is 51.5. The van der Waals surface area contributed by atoms with Crippen LogP contribution < -0.4 is 5.32 Å². The summed E-state index contributed by atoms with van der Waals surface area (Å²) in [5.74, 6) is -0.274. The number of amides is 2. The van der Waals surface area contributed by atoms with Crippen LogP contribution in [0.2, 0.25) is 0 Å². The van der Waals surface area contributed by atoms with Crippen molar-refractivity contribution in [1.29, 1.82) is 0 Å². The summed E-state index contributed by atoms with van der Waals surface area (Å²) in [6.07, 6.45) is 34.4. The fourth-order valence-electron chi connectivity index (χ4n) is 7.61. The molecule has 2 unspecified atom stereocenters. The molecule has 1 aliphatic rings. The Kier molecular flexibility index (Phi) is 35.6. The number of aliphatic hydroxyl groups is 1. The predicted molar refractivity (Wildman–Crippen MR) is 228 cm³/mol. The number of ether oxygens (including phenoxy) is 2. The van der Waals surface area contributed by atoms with Gasteiger partial charge < -0.3 is 24.8 Å². The van der Waals surface area contributed by atoms with Gasteiger partial charge in [-0.1, -0.05) is 168 Å². The molecular weight excluding hydrogens is 691 g/mol. The number of Topliss-reactive ketones (excluding diaryl/α,β-unsaturated/α-hetero) is 1. The number of nitrogens with one attached hydrogen (secondary N) is 1. The van der Waals surface area contributed by atoms with Crippen molar-refractivity contribution < 1.29 is 29.0 Å². The van der Waals surface area contributed by atoms with Crippen LogP contribution >= 0.6 is 0 Å². The average molecular weight is 780 g/mol. The monoisotopic (exact) mass is 780 g/mol. The third-order valence-corrected chi connectivity index (χ3v) is 11.3. The molecule has 0 aromatic rings. The molecule has 0 aromatic heterocycles. The number of carbonyl (C=O) groups is 3. The molecule has 0 aliphatic carbocycles. The highest BCUT2D eigenvalue weighted by atomic mass is 16.5. The summed E-state index contributed by atoms with van der Waals surface area (Å²) in [5.41, 5.74) is 0. The molecule has 1 saturated heterocycles. The van der Waals surface area contributed by atoms with E-state index in [-0.39, 0.29) is 17.6 Å². The standard InChI is InChI=1S/C46H89N3O6/c1-4-6-8-10-12-14-16-18-20-22-24-26-28-30-44(51)48-34-35-49(45(52)31-29-27-25-23-21-19-17-15-13-11-9-7-5-2)41-43(40-48)46(53)47-33-37-55-39-38-54-36-32-42(3)50/h43-44,51H,4-41H2,1-3H3,(H,47,53). The second-order valence-corrected chi connectivity index (χ2v) is 16.5. The summed E-state index contributed by atoms with van der Waals surface area (Å²) < 4.78 is 11.0. The summed E-state index contributed by atoms with van der Waals surface area (Å²) in [6.45, 7) is 9.98. The number of unbranched alkanes of at least 4 members (excludes halogenated alkanes) is 24. The van der Waals surface area contributed by atoms with Crippen LogP contribution in [0.25, 0.3) is 0 Å². The first-order valence-electron chi connectivity index (χ1n) is 23.5. The Morgan fingerprint density at radius 1 is 0.582 bits per heavy atom. The largest absolute Gasteiger partial charge is 0.379 e. The minimum Gasteiger partial charge on any atom is -0.379 e. The third kappa shape index (κ3) is 31.2. The average Bonchev–Trinajstić information content (AvgIpc) is 3.41. The van der Waals surface area contributed by atoms with Crippen LogP contribution in [0.1, 0.15) is 207 Å². The summed E-state index contributed by atoms with van der Waals surface area (Å²) in [5, 5.41) is 14.3. The van der Waals surface area contributed by atoms with Gasteiger partial charge in [-0.25, -0.2) is 0 Å². The number of hydrogen-bond donors (Lipinski definition) is 2. The minimum absolute atomic E-state index is 0.0971. The second-order valence-electron chi connectivity index (χ2n) is 16.5. The van der Waals surface area contributed by atoms with E-state index in [2.05, 4.69) is 19.2 Å². The van der Waals surface area contributed by atoms with Gasteiger partial charge in [0.1, 0.15) is 12.0 Å². The molecular formula is C46H89N3O6. The van der Waals surface area contributed by atoms with Gasteiger partial charge in [0.05, 0.1) is 32.3 Å². The van der Waals surface area contributed by atoms with Crippen molar-refractivity contribution >= 4 is 17.6 Å². The Morgan fingerprint density at radius 2 is 1.04 bits per heavy atom. The van der Waals surface area contributed by atoms with Crippen LogP contribution in [-0.4, -0.2) is 97.9 Å². The zero-order valence-electron chi connectivity index (χ0n) is 36.4. The summed E-state index contributed by atoms with van der Waals surface area (Å²) in [6, 6.07) is 0. The minimum atomic E-state index is -0.606. The van der Waals surface area contributed by atoms with E-state index in [0.29, 0.717) is 78.4 Å². The van der Waals surface area contributed by atoms with E-state index in [1.54, 1.807) is 6.92 Å². The Hall–Kier alpha value is -1.55. The maximum absolute atomic E-state index is 13.4. The Morgan fingerprint density at radius 3 is 1.53 bits per heavy atom. The number of nitrogens with zero attached hydrogens (tertiary/aromatic N) is 2. The maximum atomic E-state index is 13.4. The van der Waals surface area contributed by atoms with Gasteiger partial charge >= 0.3 is 0 Å². The van der Waals surface area contributed by atoms with Gasteiger partial charge in [0.15, 0.2) is 0 Å².